The molecule has 18 heavy (non-hydrogen) atoms. The number of aromatic nitrogens is 1. The number of nitrogens with zero attached hydrogens (tertiary/aromatic N) is 1. The number of hydrogen-bond acceptors (Lipinski definition) is 2. The summed E-state index contributed by atoms with van der Waals surface area (Å²) in [4.78, 5) is 14.4. The smallest absolute Gasteiger partial charge is 0.133 e. The molecule has 4 nitrogen and oxygen atoms in total. The number of benzene rings is 1. The van der Waals surface area contributed by atoms with E-state index in [2.05, 4.69) is 4.98 Å². The first kappa shape index (κ1) is 12.6. The number of carboxylic acid groups (broad SMARTS) is 1. The van der Waals surface area contributed by atoms with Crippen LogP contribution in [0.2, 0.25) is 0 Å². The van der Waals surface area contributed by atoms with Gasteiger partial charge in [-0.15, -0.1) is 0 Å². The molecule has 2 aromatic rings. The summed E-state index contributed by atoms with van der Waals surface area (Å²) in [6.45, 7) is 0. The number of quaternary nitrogens is 1. The Bertz CT molecular complexity index is 566. The number of hydrogen-bond donors (Lipinski definition) is 1. The third kappa shape index (κ3) is 2.38. The minimum atomic E-state index is -1.01. The van der Waals surface area contributed by atoms with Crippen molar-refractivity contribution in [3.05, 3.63) is 36.0 Å². The molecule has 0 bridgehead atoms. The van der Waals surface area contributed by atoms with Crippen LogP contribution in [0.1, 0.15) is 5.56 Å². The van der Waals surface area contributed by atoms with E-state index in [1.807, 2.05) is 51.6 Å². The van der Waals surface area contributed by atoms with Crippen LogP contribution in [-0.4, -0.2) is 42.6 Å². The summed E-state index contributed by atoms with van der Waals surface area (Å²) in [6, 6.07) is 7.35. The Labute approximate surface area is 106 Å². The summed E-state index contributed by atoms with van der Waals surface area (Å²) in [5.41, 5.74) is 2.05. The average molecular weight is 246 g/mol. The topological polar surface area (TPSA) is 55.9 Å². The van der Waals surface area contributed by atoms with Crippen molar-refractivity contribution in [3.63, 3.8) is 0 Å². The third-order valence-electron chi connectivity index (χ3n) is 3.30. The van der Waals surface area contributed by atoms with E-state index in [0.29, 0.717) is 10.9 Å². The molecule has 0 saturated carbocycles. The zero-order valence-electron chi connectivity index (χ0n) is 10.9. The van der Waals surface area contributed by atoms with Crippen molar-refractivity contribution in [2.24, 2.45) is 0 Å². The molecule has 0 unspecified atom stereocenters. The summed E-state index contributed by atoms with van der Waals surface area (Å²) in [7, 11) is 5.61. The van der Waals surface area contributed by atoms with Crippen LogP contribution in [0.5, 0.6) is 0 Å². The number of carbonyl (C=O) groups is 1. The van der Waals surface area contributed by atoms with Crippen LogP contribution >= 0.6 is 0 Å². The monoisotopic (exact) mass is 246 g/mol. The molecular weight excluding hydrogens is 228 g/mol. The van der Waals surface area contributed by atoms with Crippen LogP contribution in [0, 0.1) is 0 Å². The molecule has 0 saturated heterocycles. The summed E-state index contributed by atoms with van der Waals surface area (Å²) in [5.74, 6) is -1.01. The Morgan fingerprint density at radius 3 is 2.61 bits per heavy atom. The van der Waals surface area contributed by atoms with E-state index in [1.54, 1.807) is 0 Å². The number of aliphatic carboxylic acids is 1. The van der Waals surface area contributed by atoms with Crippen molar-refractivity contribution in [2.45, 2.75) is 12.5 Å². The number of rotatable bonds is 4. The highest BCUT2D eigenvalue weighted by atomic mass is 16.4. The molecule has 2 rings (SSSR count). The van der Waals surface area contributed by atoms with Gasteiger partial charge in [-0.05, 0) is 11.6 Å². The lowest BCUT2D eigenvalue weighted by atomic mass is 10.0. The number of carboxylic acids is 1. The molecule has 1 heterocycles. The molecule has 0 spiro atoms. The van der Waals surface area contributed by atoms with Crippen molar-refractivity contribution in [1.82, 2.24) is 4.98 Å². The summed E-state index contributed by atoms with van der Waals surface area (Å²) in [6.07, 6.45) is 2.35. The van der Waals surface area contributed by atoms with Crippen molar-refractivity contribution >= 4 is 16.9 Å². The second-order valence-electron chi connectivity index (χ2n) is 5.51. The van der Waals surface area contributed by atoms with Gasteiger partial charge in [0.2, 0.25) is 0 Å². The Morgan fingerprint density at radius 1 is 1.33 bits per heavy atom. The summed E-state index contributed by atoms with van der Waals surface area (Å²) < 4.78 is 0.349. The highest BCUT2D eigenvalue weighted by Crippen LogP contribution is 2.21. The number of carbonyl (C=O) groups excluding carboxylic acids is 1. The average Bonchev–Trinajstić information content (AvgIpc) is 2.67. The van der Waals surface area contributed by atoms with Gasteiger partial charge in [0.05, 0.1) is 27.1 Å². The number of likely N-dealkylation sites (N-methyl/N-ethyl adjacent to an activating group) is 1. The molecule has 0 aliphatic carbocycles. The third-order valence-corrected chi connectivity index (χ3v) is 3.30. The first-order chi connectivity index (χ1) is 8.39. The molecular formula is C14H18N2O2. The highest BCUT2D eigenvalue weighted by molar-refractivity contribution is 5.84. The minimum absolute atomic E-state index is 0.349. The van der Waals surface area contributed by atoms with E-state index >= 15 is 0 Å². The van der Waals surface area contributed by atoms with Crippen LogP contribution < -0.4 is 5.11 Å². The summed E-state index contributed by atoms with van der Waals surface area (Å²) in [5, 5.41) is 12.4. The van der Waals surface area contributed by atoms with E-state index in [9.17, 15) is 9.90 Å². The molecule has 1 N–H and O–H groups in total. The van der Waals surface area contributed by atoms with Crippen LogP contribution in [0.15, 0.2) is 30.5 Å². The number of nitrogens with one attached hydrogen (secondary N) is 1. The van der Waals surface area contributed by atoms with Crippen molar-refractivity contribution in [1.29, 1.82) is 0 Å². The van der Waals surface area contributed by atoms with Crippen LogP contribution in [0.3, 0.4) is 0 Å². The molecule has 0 radical (unpaired) electrons. The first-order valence-electron chi connectivity index (χ1n) is 5.96. The molecule has 96 valence electrons. The Balaban J connectivity index is 2.35. The van der Waals surface area contributed by atoms with Gasteiger partial charge >= 0.3 is 0 Å². The fourth-order valence-corrected chi connectivity index (χ4v) is 2.18. The van der Waals surface area contributed by atoms with E-state index < -0.39 is 12.0 Å². The van der Waals surface area contributed by atoms with Gasteiger partial charge in [0.1, 0.15) is 6.04 Å². The van der Waals surface area contributed by atoms with Crippen molar-refractivity contribution < 1.29 is 14.4 Å². The highest BCUT2D eigenvalue weighted by Gasteiger charge is 2.26. The number of aromatic amines is 1. The second-order valence-corrected chi connectivity index (χ2v) is 5.51. The fourth-order valence-electron chi connectivity index (χ4n) is 2.18. The maximum atomic E-state index is 11.3. The molecule has 1 aromatic carbocycles. The van der Waals surface area contributed by atoms with E-state index in [0.717, 1.165) is 16.5 Å². The molecule has 4 heteroatoms. The molecule has 1 atom stereocenters. The minimum Gasteiger partial charge on any atom is -0.544 e. The predicted octanol–water partition coefficient (Wildman–Crippen LogP) is 0.535. The zero-order chi connectivity index (χ0) is 13.3. The lowest BCUT2D eigenvalue weighted by Crippen LogP contribution is -2.55. The van der Waals surface area contributed by atoms with E-state index in [4.69, 9.17) is 0 Å². The number of H-pyrrole nitrogens is 1. The molecule has 0 aliphatic rings. The van der Waals surface area contributed by atoms with Gasteiger partial charge in [0.25, 0.3) is 0 Å². The molecule has 0 aliphatic heterocycles. The molecule has 1 aromatic heterocycles. The largest absolute Gasteiger partial charge is 0.544 e. The zero-order valence-corrected chi connectivity index (χ0v) is 10.9. The van der Waals surface area contributed by atoms with Crippen molar-refractivity contribution in [3.8, 4) is 0 Å². The van der Waals surface area contributed by atoms with Gasteiger partial charge in [-0.3, -0.25) is 0 Å². The Hall–Kier alpha value is -1.81. The molecule has 0 amide bonds. The summed E-state index contributed by atoms with van der Waals surface area (Å²) >= 11 is 0. The Kier molecular flexibility index (Phi) is 3.13. The van der Waals surface area contributed by atoms with Gasteiger partial charge in [0, 0.05) is 23.5 Å². The standard InChI is InChI=1S/C14H18N2O2/c1-16(2,3)13(14(17)18)8-10-9-15-12-7-5-4-6-11(10)12/h4-7,9,13,15H,8H2,1-3H3/t13-/m0/s1. The van der Waals surface area contributed by atoms with Crippen LogP contribution in [-0.2, 0) is 11.2 Å². The Morgan fingerprint density at radius 2 is 2.00 bits per heavy atom. The SMILES string of the molecule is C[N+](C)(C)[C@@H](Cc1c[nH]c2ccccc12)C(=O)[O-]. The van der Waals surface area contributed by atoms with Crippen LogP contribution in [0.4, 0.5) is 0 Å². The van der Waals surface area contributed by atoms with Crippen LogP contribution in [0.25, 0.3) is 10.9 Å². The lowest BCUT2D eigenvalue weighted by Gasteiger charge is -2.34. The van der Waals surface area contributed by atoms with Gasteiger partial charge in [-0.25, -0.2) is 0 Å². The van der Waals surface area contributed by atoms with E-state index in [1.165, 1.54) is 0 Å². The second kappa shape index (κ2) is 4.46. The normalized spacial score (nSPS) is 13.7. The van der Waals surface area contributed by atoms with Crippen molar-refractivity contribution in [2.75, 3.05) is 21.1 Å². The maximum Gasteiger partial charge on any atom is 0.133 e. The van der Waals surface area contributed by atoms with E-state index in [-0.39, 0.29) is 0 Å². The number of para-hydroxylation sites is 1. The first-order valence-corrected chi connectivity index (χ1v) is 5.96. The maximum absolute atomic E-state index is 11.3. The van der Waals surface area contributed by atoms with Gasteiger partial charge in [0.15, 0.2) is 0 Å². The molecule has 0 fully saturated rings. The van der Waals surface area contributed by atoms with Gasteiger partial charge in [-0.1, -0.05) is 18.2 Å². The number of fused-ring (bicyclic) bond motifs is 1. The predicted molar refractivity (Wildman–Crippen MR) is 68.8 cm³/mol. The van der Waals surface area contributed by atoms with Gasteiger partial charge in [-0.2, -0.15) is 0 Å². The quantitative estimate of drug-likeness (QED) is 0.800. The lowest BCUT2D eigenvalue weighted by molar-refractivity contribution is -0.889. The van der Waals surface area contributed by atoms with Gasteiger partial charge < -0.3 is 19.4 Å². The fraction of sp³-hybridized carbons (Fsp3) is 0.357.